The standard InChI is InChI=1S/C23H21ClN4O3/c1-14-4-6-18(7-5-14)13-28-21(24)20(15(2)27-28)23(30)31-16(3)22(29)26-19-10-8-17(12-25)9-11-19/h4-11,16H,13H2,1-3H3,(H,26,29). The van der Waals surface area contributed by atoms with E-state index in [2.05, 4.69) is 10.4 Å². The van der Waals surface area contributed by atoms with E-state index in [9.17, 15) is 9.59 Å². The van der Waals surface area contributed by atoms with Crippen LogP contribution in [0.15, 0.2) is 48.5 Å². The van der Waals surface area contributed by atoms with Crippen LogP contribution >= 0.6 is 11.6 Å². The molecule has 1 unspecified atom stereocenters. The van der Waals surface area contributed by atoms with Crippen LogP contribution in [-0.4, -0.2) is 27.8 Å². The van der Waals surface area contributed by atoms with E-state index >= 15 is 0 Å². The molecule has 0 aliphatic rings. The van der Waals surface area contributed by atoms with Gasteiger partial charge in [-0.25, -0.2) is 9.48 Å². The quantitative estimate of drug-likeness (QED) is 0.582. The van der Waals surface area contributed by atoms with E-state index in [1.165, 1.54) is 11.6 Å². The highest BCUT2D eigenvalue weighted by Gasteiger charge is 2.26. The van der Waals surface area contributed by atoms with Crippen molar-refractivity contribution in [2.24, 2.45) is 0 Å². The lowest BCUT2D eigenvalue weighted by molar-refractivity contribution is -0.123. The number of rotatable bonds is 6. The molecule has 0 saturated heterocycles. The van der Waals surface area contributed by atoms with Crippen molar-refractivity contribution >= 4 is 29.2 Å². The van der Waals surface area contributed by atoms with Gasteiger partial charge in [-0.05, 0) is 50.6 Å². The van der Waals surface area contributed by atoms with Crippen LogP contribution in [0.3, 0.4) is 0 Å². The highest BCUT2D eigenvalue weighted by molar-refractivity contribution is 6.32. The van der Waals surface area contributed by atoms with Crippen LogP contribution in [0, 0.1) is 25.2 Å². The van der Waals surface area contributed by atoms with Gasteiger partial charge in [-0.1, -0.05) is 41.4 Å². The Kier molecular flexibility index (Phi) is 6.73. The first kappa shape index (κ1) is 22.1. The van der Waals surface area contributed by atoms with Crippen molar-refractivity contribution in [2.45, 2.75) is 33.4 Å². The lowest BCUT2D eigenvalue weighted by atomic mass is 10.1. The Balaban J connectivity index is 1.67. The predicted molar refractivity (Wildman–Crippen MR) is 117 cm³/mol. The highest BCUT2D eigenvalue weighted by Crippen LogP contribution is 2.23. The molecule has 0 fully saturated rings. The molecule has 3 aromatic rings. The van der Waals surface area contributed by atoms with E-state index in [1.807, 2.05) is 37.3 Å². The molecular weight excluding hydrogens is 416 g/mol. The fraction of sp³-hybridized carbons (Fsp3) is 0.217. The molecule has 0 spiro atoms. The number of nitrogens with zero attached hydrogens (tertiary/aromatic N) is 3. The van der Waals surface area contributed by atoms with Crippen LogP contribution in [0.25, 0.3) is 0 Å². The first-order chi connectivity index (χ1) is 14.8. The van der Waals surface area contributed by atoms with Crippen LogP contribution in [0.5, 0.6) is 0 Å². The Morgan fingerprint density at radius 1 is 1.16 bits per heavy atom. The van der Waals surface area contributed by atoms with Crippen molar-refractivity contribution in [3.05, 3.63) is 81.6 Å². The summed E-state index contributed by atoms with van der Waals surface area (Å²) in [6, 6.07) is 16.3. The molecular formula is C23H21ClN4O3. The van der Waals surface area contributed by atoms with Crippen molar-refractivity contribution in [1.29, 1.82) is 5.26 Å². The largest absolute Gasteiger partial charge is 0.449 e. The number of aromatic nitrogens is 2. The zero-order valence-electron chi connectivity index (χ0n) is 17.3. The maximum absolute atomic E-state index is 12.7. The minimum absolute atomic E-state index is 0.131. The van der Waals surface area contributed by atoms with Gasteiger partial charge in [-0.3, -0.25) is 4.79 Å². The average Bonchev–Trinajstić information content (AvgIpc) is 3.03. The second-order valence-corrected chi connectivity index (χ2v) is 7.48. The molecule has 8 heteroatoms. The summed E-state index contributed by atoms with van der Waals surface area (Å²) in [4.78, 5) is 25.0. The van der Waals surface area contributed by atoms with Crippen LogP contribution in [0.4, 0.5) is 5.69 Å². The maximum Gasteiger partial charge on any atom is 0.343 e. The zero-order chi connectivity index (χ0) is 22.5. The van der Waals surface area contributed by atoms with Crippen LogP contribution in [-0.2, 0) is 16.1 Å². The van der Waals surface area contributed by atoms with Gasteiger partial charge in [0.15, 0.2) is 6.10 Å². The number of halogens is 1. The molecule has 158 valence electrons. The molecule has 1 heterocycles. The zero-order valence-corrected chi connectivity index (χ0v) is 18.1. The Hall–Kier alpha value is -3.63. The lowest BCUT2D eigenvalue weighted by Gasteiger charge is -2.13. The Morgan fingerprint density at radius 3 is 2.42 bits per heavy atom. The topological polar surface area (TPSA) is 97.0 Å². The summed E-state index contributed by atoms with van der Waals surface area (Å²) in [7, 11) is 0. The summed E-state index contributed by atoms with van der Waals surface area (Å²) < 4.78 is 6.84. The fourth-order valence-electron chi connectivity index (χ4n) is 2.90. The van der Waals surface area contributed by atoms with Crippen LogP contribution in [0.2, 0.25) is 5.15 Å². The second-order valence-electron chi connectivity index (χ2n) is 7.12. The number of ether oxygens (including phenoxy) is 1. The SMILES string of the molecule is Cc1ccc(Cn2nc(C)c(C(=O)OC(C)C(=O)Nc3ccc(C#N)cc3)c2Cl)cc1. The molecule has 0 aliphatic heterocycles. The molecule has 1 N–H and O–H groups in total. The first-order valence-electron chi connectivity index (χ1n) is 9.59. The molecule has 0 bridgehead atoms. The van der Waals surface area contributed by atoms with E-state index in [4.69, 9.17) is 21.6 Å². The molecule has 7 nitrogen and oxygen atoms in total. The molecule has 0 radical (unpaired) electrons. The molecule has 2 aromatic carbocycles. The number of amides is 1. The number of carbonyl (C=O) groups excluding carboxylic acids is 2. The number of nitriles is 1. The molecule has 31 heavy (non-hydrogen) atoms. The number of hydrogen-bond donors (Lipinski definition) is 1. The third kappa shape index (κ3) is 5.30. The van der Waals surface area contributed by atoms with Crippen molar-refractivity contribution < 1.29 is 14.3 Å². The predicted octanol–water partition coefficient (Wildman–Crippen LogP) is 4.26. The molecule has 1 atom stereocenters. The van der Waals surface area contributed by atoms with Gasteiger partial charge in [0, 0.05) is 5.69 Å². The number of carbonyl (C=O) groups is 2. The van der Waals surface area contributed by atoms with E-state index in [0.29, 0.717) is 23.5 Å². The molecule has 0 saturated carbocycles. The van der Waals surface area contributed by atoms with Gasteiger partial charge in [-0.15, -0.1) is 0 Å². The molecule has 0 aliphatic carbocycles. The summed E-state index contributed by atoms with van der Waals surface area (Å²) in [6.07, 6.45) is -1.06. The van der Waals surface area contributed by atoms with Gasteiger partial charge >= 0.3 is 5.97 Å². The van der Waals surface area contributed by atoms with Crippen molar-refractivity contribution in [2.75, 3.05) is 5.32 Å². The van der Waals surface area contributed by atoms with Gasteiger partial charge in [0.2, 0.25) is 0 Å². The molecule has 1 aromatic heterocycles. The second kappa shape index (κ2) is 9.45. The van der Waals surface area contributed by atoms with Gasteiger partial charge in [0.25, 0.3) is 5.91 Å². The Labute approximate surface area is 185 Å². The van der Waals surface area contributed by atoms with Crippen molar-refractivity contribution in [1.82, 2.24) is 9.78 Å². The fourth-order valence-corrected chi connectivity index (χ4v) is 3.21. The summed E-state index contributed by atoms with van der Waals surface area (Å²) >= 11 is 6.40. The Bertz CT molecular complexity index is 1150. The number of nitrogens with one attached hydrogen (secondary N) is 1. The van der Waals surface area contributed by atoms with Gasteiger partial charge < -0.3 is 10.1 Å². The van der Waals surface area contributed by atoms with Crippen LogP contribution < -0.4 is 5.32 Å². The summed E-state index contributed by atoms with van der Waals surface area (Å²) in [5.41, 5.74) is 3.65. The number of aryl methyl sites for hydroxylation is 2. The summed E-state index contributed by atoms with van der Waals surface area (Å²) in [5, 5.41) is 16.0. The van der Waals surface area contributed by atoms with Gasteiger partial charge in [0.1, 0.15) is 10.7 Å². The molecule has 3 rings (SSSR count). The number of benzene rings is 2. The monoisotopic (exact) mass is 436 g/mol. The summed E-state index contributed by atoms with van der Waals surface area (Å²) in [5.74, 6) is -1.22. The number of hydrogen-bond acceptors (Lipinski definition) is 5. The lowest BCUT2D eigenvalue weighted by Crippen LogP contribution is -2.30. The first-order valence-corrected chi connectivity index (χ1v) is 9.96. The average molecular weight is 437 g/mol. The van der Waals surface area contributed by atoms with E-state index in [0.717, 1.165) is 11.1 Å². The smallest absolute Gasteiger partial charge is 0.343 e. The number of esters is 1. The number of anilines is 1. The van der Waals surface area contributed by atoms with Crippen molar-refractivity contribution in [3.8, 4) is 6.07 Å². The summed E-state index contributed by atoms with van der Waals surface area (Å²) in [6.45, 7) is 5.54. The van der Waals surface area contributed by atoms with E-state index in [1.54, 1.807) is 31.2 Å². The minimum Gasteiger partial charge on any atom is -0.449 e. The Morgan fingerprint density at radius 2 is 1.81 bits per heavy atom. The normalized spacial score (nSPS) is 11.5. The van der Waals surface area contributed by atoms with Gasteiger partial charge in [-0.2, -0.15) is 10.4 Å². The molecule has 1 amide bonds. The maximum atomic E-state index is 12.7. The van der Waals surface area contributed by atoms with E-state index < -0.39 is 18.0 Å². The minimum atomic E-state index is -1.06. The van der Waals surface area contributed by atoms with E-state index in [-0.39, 0.29) is 10.7 Å². The third-order valence-electron chi connectivity index (χ3n) is 4.66. The van der Waals surface area contributed by atoms with Gasteiger partial charge in [0.05, 0.1) is 23.9 Å². The third-order valence-corrected chi connectivity index (χ3v) is 5.04. The highest BCUT2D eigenvalue weighted by atomic mass is 35.5. The van der Waals surface area contributed by atoms with Crippen LogP contribution in [0.1, 0.15) is 39.7 Å². The van der Waals surface area contributed by atoms with Crippen molar-refractivity contribution in [3.63, 3.8) is 0 Å².